The summed E-state index contributed by atoms with van der Waals surface area (Å²) in [6, 6.07) is 9.85. The first-order valence-corrected chi connectivity index (χ1v) is 8.05. The Morgan fingerprint density at radius 1 is 1.00 bits per heavy atom. The van der Waals surface area contributed by atoms with Crippen molar-refractivity contribution < 1.29 is 27.9 Å². The predicted molar refractivity (Wildman–Crippen MR) is 85.6 cm³/mol. The zero-order valence-corrected chi connectivity index (χ0v) is 13.7. The van der Waals surface area contributed by atoms with Gasteiger partial charge in [0.05, 0.1) is 13.1 Å². The van der Waals surface area contributed by atoms with Gasteiger partial charge < -0.3 is 15.7 Å². The minimum atomic E-state index is -5.03. The zero-order chi connectivity index (χ0) is 18.5. The Balaban J connectivity index is 2.00. The molecule has 0 fully saturated rings. The number of carbonyl (C=O) groups excluding carboxylic acids is 2. The Labute approximate surface area is 145 Å². The fraction of sp³-hybridized carbons (Fsp3) is 0.250. The average Bonchev–Trinajstić information content (AvgIpc) is 3.10. The number of halogens is 3. The summed E-state index contributed by atoms with van der Waals surface area (Å²) in [4.78, 5) is 24.2. The molecule has 5 nitrogen and oxygen atoms in total. The van der Waals surface area contributed by atoms with E-state index in [9.17, 15) is 27.9 Å². The maximum absolute atomic E-state index is 13.3. The molecule has 0 unspecified atom stereocenters. The molecular formula is C16H15F3N2O3S. The summed E-state index contributed by atoms with van der Waals surface area (Å²) in [7, 11) is 0. The van der Waals surface area contributed by atoms with Crippen LogP contribution in [-0.4, -0.2) is 29.6 Å². The number of aliphatic hydroxyl groups is 1. The number of hydrogen-bond acceptors (Lipinski definition) is 4. The summed E-state index contributed by atoms with van der Waals surface area (Å²) in [6.07, 6.45) is -5.03. The van der Waals surface area contributed by atoms with Gasteiger partial charge in [0, 0.05) is 4.88 Å². The highest BCUT2D eigenvalue weighted by atomic mass is 32.1. The molecule has 2 rings (SSSR count). The molecule has 0 spiro atoms. The largest absolute Gasteiger partial charge is 0.423 e. The lowest BCUT2D eigenvalue weighted by atomic mass is 9.93. The topological polar surface area (TPSA) is 78.4 Å². The highest BCUT2D eigenvalue weighted by Gasteiger charge is 2.55. The normalized spacial score (nSPS) is 13.8. The quantitative estimate of drug-likeness (QED) is 0.702. The summed E-state index contributed by atoms with van der Waals surface area (Å²) in [6.45, 7) is -1.09. The maximum atomic E-state index is 13.3. The lowest BCUT2D eigenvalue weighted by molar-refractivity contribution is -0.264. The number of alkyl halides is 3. The van der Waals surface area contributed by atoms with Gasteiger partial charge in [-0.2, -0.15) is 13.2 Å². The first-order chi connectivity index (χ1) is 11.7. The molecule has 134 valence electrons. The molecule has 0 aliphatic carbocycles. The van der Waals surface area contributed by atoms with Crippen LogP contribution in [0.25, 0.3) is 0 Å². The van der Waals surface area contributed by atoms with Crippen molar-refractivity contribution in [1.82, 2.24) is 10.6 Å². The molecule has 1 aromatic heterocycles. The van der Waals surface area contributed by atoms with Crippen LogP contribution in [0.15, 0.2) is 47.8 Å². The van der Waals surface area contributed by atoms with Crippen LogP contribution in [0.3, 0.4) is 0 Å². The highest BCUT2D eigenvalue weighted by Crippen LogP contribution is 2.38. The maximum Gasteiger partial charge on any atom is 0.423 e. The number of amides is 2. The molecular weight excluding hydrogens is 357 g/mol. The van der Waals surface area contributed by atoms with Gasteiger partial charge in [0.1, 0.15) is 0 Å². The fourth-order valence-electron chi connectivity index (χ4n) is 2.03. The average molecular weight is 372 g/mol. The second kappa shape index (κ2) is 7.66. The monoisotopic (exact) mass is 372 g/mol. The Bertz CT molecular complexity index is 720. The van der Waals surface area contributed by atoms with E-state index in [-0.39, 0.29) is 6.54 Å². The Kier molecular flexibility index (Phi) is 5.81. The molecule has 3 N–H and O–H groups in total. The van der Waals surface area contributed by atoms with Crippen LogP contribution in [-0.2, 0) is 21.7 Å². The van der Waals surface area contributed by atoms with Crippen molar-refractivity contribution in [3.05, 3.63) is 58.3 Å². The smallest absolute Gasteiger partial charge is 0.375 e. The molecule has 1 heterocycles. The standard InChI is InChI=1S/C16H15F3N2O3S/c17-16(18,19)15(24,11-5-2-1-3-6-11)10-21-14(23)13(22)20-9-12-7-4-8-25-12/h1-8,24H,9-10H2,(H,20,22)(H,21,23)/t15-/m1/s1. The summed E-state index contributed by atoms with van der Waals surface area (Å²) in [5.41, 5.74) is -3.72. The second-order valence-electron chi connectivity index (χ2n) is 5.17. The third kappa shape index (κ3) is 4.58. The van der Waals surface area contributed by atoms with Crippen LogP contribution in [0.1, 0.15) is 10.4 Å². The molecule has 2 aromatic rings. The van der Waals surface area contributed by atoms with Gasteiger partial charge in [0.2, 0.25) is 5.60 Å². The van der Waals surface area contributed by atoms with Gasteiger partial charge in [-0.15, -0.1) is 11.3 Å². The van der Waals surface area contributed by atoms with Gasteiger partial charge in [0.15, 0.2) is 0 Å². The highest BCUT2D eigenvalue weighted by molar-refractivity contribution is 7.09. The molecule has 0 saturated heterocycles. The van der Waals surface area contributed by atoms with Crippen LogP contribution >= 0.6 is 11.3 Å². The van der Waals surface area contributed by atoms with Crippen LogP contribution in [0.5, 0.6) is 0 Å². The molecule has 1 atom stereocenters. The molecule has 25 heavy (non-hydrogen) atoms. The van der Waals surface area contributed by atoms with E-state index in [1.807, 2.05) is 5.32 Å². The number of benzene rings is 1. The second-order valence-corrected chi connectivity index (χ2v) is 6.20. The number of hydrogen-bond donors (Lipinski definition) is 3. The zero-order valence-electron chi connectivity index (χ0n) is 12.8. The summed E-state index contributed by atoms with van der Waals surface area (Å²) in [5.74, 6) is -2.33. The van der Waals surface area contributed by atoms with E-state index in [1.54, 1.807) is 17.5 Å². The van der Waals surface area contributed by atoms with Crippen LogP contribution in [0, 0.1) is 0 Å². The first-order valence-electron chi connectivity index (χ1n) is 7.17. The van der Waals surface area contributed by atoms with Crippen molar-refractivity contribution in [1.29, 1.82) is 0 Å². The van der Waals surface area contributed by atoms with E-state index in [1.165, 1.54) is 29.5 Å². The molecule has 0 aliphatic rings. The third-order valence-corrected chi connectivity index (χ3v) is 4.31. The van der Waals surface area contributed by atoms with Crippen molar-refractivity contribution in [2.75, 3.05) is 6.54 Å². The van der Waals surface area contributed by atoms with E-state index < -0.39 is 35.7 Å². The molecule has 9 heteroatoms. The van der Waals surface area contributed by atoms with Gasteiger partial charge in [-0.05, 0) is 17.0 Å². The Morgan fingerprint density at radius 3 is 2.20 bits per heavy atom. The van der Waals surface area contributed by atoms with Gasteiger partial charge in [-0.1, -0.05) is 36.4 Å². The van der Waals surface area contributed by atoms with E-state index in [2.05, 4.69) is 5.32 Å². The predicted octanol–water partition coefficient (Wildman–Crippen LogP) is 1.93. The molecule has 2 amide bonds. The van der Waals surface area contributed by atoms with Crippen molar-refractivity contribution in [3.63, 3.8) is 0 Å². The summed E-state index contributed by atoms with van der Waals surface area (Å²) in [5, 5.41) is 16.0. The number of nitrogens with one attached hydrogen (secondary N) is 2. The molecule has 0 radical (unpaired) electrons. The Morgan fingerprint density at radius 2 is 1.64 bits per heavy atom. The van der Waals surface area contributed by atoms with Gasteiger partial charge in [-0.3, -0.25) is 9.59 Å². The molecule has 0 aliphatic heterocycles. The number of thiophene rings is 1. The van der Waals surface area contributed by atoms with Gasteiger partial charge in [-0.25, -0.2) is 0 Å². The summed E-state index contributed by atoms with van der Waals surface area (Å²) < 4.78 is 39.8. The minimum absolute atomic E-state index is 0.0894. The van der Waals surface area contributed by atoms with Crippen molar-refractivity contribution in [2.24, 2.45) is 0 Å². The van der Waals surface area contributed by atoms with Gasteiger partial charge in [0.25, 0.3) is 0 Å². The molecule has 0 bridgehead atoms. The minimum Gasteiger partial charge on any atom is -0.375 e. The van der Waals surface area contributed by atoms with Crippen molar-refractivity contribution >= 4 is 23.2 Å². The van der Waals surface area contributed by atoms with Crippen molar-refractivity contribution in [2.45, 2.75) is 18.3 Å². The van der Waals surface area contributed by atoms with Crippen molar-refractivity contribution in [3.8, 4) is 0 Å². The number of carbonyl (C=O) groups is 2. The number of rotatable bonds is 5. The van der Waals surface area contributed by atoms with E-state index in [0.29, 0.717) is 0 Å². The fourth-order valence-corrected chi connectivity index (χ4v) is 2.67. The molecule has 0 saturated carbocycles. The Hall–Kier alpha value is -2.39. The van der Waals surface area contributed by atoms with E-state index >= 15 is 0 Å². The molecule has 1 aromatic carbocycles. The lowest BCUT2D eigenvalue weighted by Gasteiger charge is -2.31. The lowest BCUT2D eigenvalue weighted by Crippen LogP contribution is -2.53. The SMILES string of the molecule is O=C(NCc1cccs1)C(=O)NC[C@@](O)(c1ccccc1)C(F)(F)F. The first kappa shape index (κ1) is 18.9. The third-order valence-electron chi connectivity index (χ3n) is 3.43. The van der Waals surface area contributed by atoms with Crippen LogP contribution < -0.4 is 10.6 Å². The van der Waals surface area contributed by atoms with Gasteiger partial charge >= 0.3 is 18.0 Å². The van der Waals surface area contributed by atoms with Crippen LogP contribution in [0.4, 0.5) is 13.2 Å². The van der Waals surface area contributed by atoms with Crippen LogP contribution in [0.2, 0.25) is 0 Å². The summed E-state index contributed by atoms with van der Waals surface area (Å²) >= 11 is 1.36. The van der Waals surface area contributed by atoms with E-state index in [4.69, 9.17) is 0 Å². The van der Waals surface area contributed by atoms with E-state index in [0.717, 1.165) is 17.0 Å².